The van der Waals surface area contributed by atoms with E-state index < -0.39 is 57.1 Å². The molecule has 1 rings (SSSR count). The second-order valence-electron chi connectivity index (χ2n) is 8.00. The van der Waals surface area contributed by atoms with E-state index in [0.29, 0.717) is 21.9 Å². The van der Waals surface area contributed by atoms with Crippen molar-refractivity contribution >= 4 is 26.8 Å². The summed E-state index contributed by atoms with van der Waals surface area (Å²) in [6.07, 6.45) is 0.844. The first-order chi connectivity index (χ1) is 16.7. The third-order valence-corrected chi connectivity index (χ3v) is 7.60. The Labute approximate surface area is 210 Å². The Kier molecular flexibility index (Phi) is 10.5. The van der Waals surface area contributed by atoms with E-state index >= 15 is 0 Å². The molecule has 0 N–H and O–H groups in total. The smallest absolute Gasteiger partial charge is 0.460 e. The highest BCUT2D eigenvalue weighted by molar-refractivity contribution is 7.96. The van der Waals surface area contributed by atoms with Crippen LogP contribution in [0.2, 0.25) is 0 Å². The first-order valence-electron chi connectivity index (χ1n) is 9.47. The van der Waals surface area contributed by atoms with Gasteiger partial charge in [0, 0.05) is 12.8 Å². The van der Waals surface area contributed by atoms with Crippen molar-refractivity contribution in [3.05, 3.63) is 0 Å². The van der Waals surface area contributed by atoms with Crippen molar-refractivity contribution < 1.29 is 92.4 Å². The largest absolute Gasteiger partial charge is 0.743 e. The molecule has 1 atom stereocenters. The van der Waals surface area contributed by atoms with Crippen molar-refractivity contribution in [2.24, 2.45) is 0 Å². The van der Waals surface area contributed by atoms with E-state index in [0.717, 1.165) is 19.3 Å². The van der Waals surface area contributed by atoms with Gasteiger partial charge in [0.05, 0.1) is 12.5 Å². The van der Waals surface area contributed by atoms with Gasteiger partial charge in [0.1, 0.15) is 0 Å². The van der Waals surface area contributed by atoms with Gasteiger partial charge in [0.15, 0.2) is 21.2 Å². The van der Waals surface area contributed by atoms with Gasteiger partial charge in [-0.1, -0.05) is 0 Å². The van der Waals surface area contributed by atoms with E-state index in [4.69, 9.17) is 0 Å². The van der Waals surface area contributed by atoms with Crippen LogP contribution in [0.1, 0.15) is 25.7 Å². The zero-order valence-corrected chi connectivity index (χ0v) is 20.4. The van der Waals surface area contributed by atoms with Crippen LogP contribution in [0.25, 0.3) is 0 Å². The molecule has 23 heteroatoms. The van der Waals surface area contributed by atoms with E-state index in [-0.39, 0.29) is 0 Å². The molecule has 0 spiro atoms. The third-order valence-electron chi connectivity index (χ3n) is 5.07. The molecule has 0 bridgehead atoms. The number of hydrogen-bond acceptors (Lipinski definition) is 4. The lowest BCUT2D eigenvalue weighted by molar-refractivity contribution is -0.458. The summed E-state index contributed by atoms with van der Waals surface area (Å²) in [4.78, 5) is 11.2. The highest BCUT2D eigenvalue weighted by atomic mass is 32.2. The minimum absolute atomic E-state index is 0.318. The Morgan fingerprint density at radius 3 is 1.23 bits per heavy atom. The number of rotatable bonds is 8. The number of alkyl halides is 17. The fourth-order valence-electron chi connectivity index (χ4n) is 2.76. The fraction of sp³-hybridized carbons (Fsp3) is 0.938. The Balaban J connectivity index is 0.00000120. The first-order valence-corrected chi connectivity index (χ1v) is 13.0. The molecule has 1 aliphatic carbocycles. The van der Waals surface area contributed by atoms with Gasteiger partial charge in [-0.25, -0.2) is 8.42 Å². The van der Waals surface area contributed by atoms with E-state index in [1.165, 1.54) is 6.42 Å². The summed E-state index contributed by atoms with van der Waals surface area (Å²) in [7, 11) is -7.82. The van der Waals surface area contributed by atoms with Crippen molar-refractivity contribution in [2.45, 2.75) is 77.9 Å². The average Bonchev–Trinajstić information content (AvgIpc) is 2.71. The number of hydrogen-bond donors (Lipinski definition) is 0. The molecular weight excluding hydrogens is 643 g/mol. The summed E-state index contributed by atoms with van der Waals surface area (Å²) >= 11 is 0. The Morgan fingerprint density at radius 2 is 0.974 bits per heavy atom. The summed E-state index contributed by atoms with van der Waals surface area (Å²) in [5.41, 5.74) is 0. The lowest BCUT2D eigenvalue weighted by Crippen LogP contribution is -2.75. The molecule has 1 unspecified atom stereocenters. The van der Waals surface area contributed by atoms with E-state index in [2.05, 4.69) is 12.5 Å². The molecule has 0 aromatic rings. The van der Waals surface area contributed by atoms with Crippen LogP contribution in [0.3, 0.4) is 0 Å². The van der Waals surface area contributed by atoms with Gasteiger partial charge in [-0.15, -0.1) is 0 Å². The van der Waals surface area contributed by atoms with Crippen molar-refractivity contribution in [3.63, 3.8) is 0 Å². The number of halogens is 17. The summed E-state index contributed by atoms with van der Waals surface area (Å²) in [5, 5.41) is -7.54. The van der Waals surface area contributed by atoms with Crippen LogP contribution in [0.15, 0.2) is 0 Å². The van der Waals surface area contributed by atoms with Crippen molar-refractivity contribution in [1.29, 1.82) is 0 Å². The maximum Gasteiger partial charge on any atom is 0.460 e. The van der Waals surface area contributed by atoms with Gasteiger partial charge >= 0.3 is 47.0 Å². The molecular formula is C16H15F17O4S2. The summed E-state index contributed by atoms with van der Waals surface area (Å²) in [6.45, 7) is 0. The van der Waals surface area contributed by atoms with Crippen LogP contribution < -0.4 is 0 Å². The van der Waals surface area contributed by atoms with Gasteiger partial charge in [-0.2, -0.15) is 74.6 Å². The molecule has 0 radical (unpaired) electrons. The number of Topliss-reactive ketones (excluding diaryl/α,β-unsaturated/α-hetero) is 1. The molecule has 0 aromatic carbocycles. The van der Waals surface area contributed by atoms with Gasteiger partial charge in [-0.05, 0) is 23.7 Å². The van der Waals surface area contributed by atoms with Crippen LogP contribution in [0.4, 0.5) is 74.6 Å². The molecule has 1 aliphatic rings. The normalized spacial score (nSPS) is 19.6. The molecule has 234 valence electrons. The Hall–Kier alpha value is -1.26. The molecule has 0 heterocycles. The average molecular weight is 658 g/mol. The standard InChI is InChI=1S/C8HF17O3S.C8H15OS/c9-1(10,3(13,14)5(17,18)7(21,22)23)2(11,12)4(15,16)6(19,20)8(24,25)29(26,27)28;1-10(2)8-6-4-3-5-7(8)9/h(H,26,27,28);8H,3-6H2,1-2H3/q;+1/p-1. The zero-order chi connectivity index (χ0) is 32.1. The lowest BCUT2D eigenvalue weighted by atomic mass is 9.91. The van der Waals surface area contributed by atoms with E-state index in [1.54, 1.807) is 0 Å². The lowest BCUT2D eigenvalue weighted by Gasteiger charge is -2.42. The maximum atomic E-state index is 13.0. The second kappa shape index (κ2) is 10.9. The first kappa shape index (κ1) is 37.7. The van der Waals surface area contributed by atoms with Gasteiger partial charge < -0.3 is 4.55 Å². The molecule has 1 saturated carbocycles. The number of ketones is 1. The fourth-order valence-corrected chi connectivity index (χ4v) is 4.48. The van der Waals surface area contributed by atoms with Crippen LogP contribution >= 0.6 is 0 Å². The summed E-state index contributed by atoms with van der Waals surface area (Å²) < 4.78 is 244. The predicted molar refractivity (Wildman–Crippen MR) is 96.9 cm³/mol. The quantitative estimate of drug-likeness (QED) is 0.186. The third kappa shape index (κ3) is 6.03. The molecule has 0 amide bonds. The molecule has 39 heavy (non-hydrogen) atoms. The minimum Gasteiger partial charge on any atom is -0.743 e. The van der Waals surface area contributed by atoms with Crippen LogP contribution in [-0.4, -0.2) is 83.5 Å². The summed E-state index contributed by atoms with van der Waals surface area (Å²) in [5.74, 6) is -51.6. The second-order valence-corrected chi connectivity index (χ2v) is 11.7. The van der Waals surface area contributed by atoms with Crippen LogP contribution in [0.5, 0.6) is 0 Å². The van der Waals surface area contributed by atoms with Gasteiger partial charge in [0.2, 0.25) is 0 Å². The van der Waals surface area contributed by atoms with E-state index in [9.17, 15) is 92.4 Å². The summed E-state index contributed by atoms with van der Waals surface area (Å²) in [6, 6.07) is 0. The minimum atomic E-state index is -8.92. The highest BCUT2D eigenvalue weighted by Gasteiger charge is 2.95. The molecule has 0 saturated heterocycles. The highest BCUT2D eigenvalue weighted by Crippen LogP contribution is 2.64. The Morgan fingerprint density at radius 1 is 0.641 bits per heavy atom. The zero-order valence-electron chi connectivity index (χ0n) is 18.8. The monoisotopic (exact) mass is 658 g/mol. The Bertz CT molecular complexity index is 989. The van der Waals surface area contributed by atoms with Gasteiger partial charge in [0.25, 0.3) is 0 Å². The molecule has 1 fully saturated rings. The predicted octanol–water partition coefficient (Wildman–Crippen LogP) is 5.87. The SMILES string of the molecule is C[S+](C)C1CCCCC1=O.O=S(=O)([O-])C(F)(F)C(F)(F)C(F)(F)C(F)(F)C(F)(F)C(F)(F)C(F)(F)C(F)(F)F. The number of carbonyl (C=O) groups is 1. The van der Waals surface area contributed by atoms with Crippen molar-refractivity contribution in [1.82, 2.24) is 0 Å². The van der Waals surface area contributed by atoms with Crippen molar-refractivity contribution in [3.8, 4) is 0 Å². The molecule has 0 aliphatic heterocycles. The van der Waals surface area contributed by atoms with Crippen LogP contribution in [-0.2, 0) is 25.8 Å². The van der Waals surface area contributed by atoms with Crippen LogP contribution in [0, 0.1) is 0 Å². The maximum absolute atomic E-state index is 13.0. The molecule has 4 nitrogen and oxygen atoms in total. The van der Waals surface area contributed by atoms with Gasteiger partial charge in [-0.3, -0.25) is 4.79 Å². The molecule has 0 aromatic heterocycles. The van der Waals surface area contributed by atoms with Crippen molar-refractivity contribution in [2.75, 3.05) is 12.5 Å². The topological polar surface area (TPSA) is 74.3 Å². The number of carbonyl (C=O) groups excluding carboxylic acids is 1. The van der Waals surface area contributed by atoms with E-state index in [1.807, 2.05) is 0 Å².